The molecule has 1 saturated heterocycles. The van der Waals surface area contributed by atoms with Crippen molar-refractivity contribution in [2.75, 3.05) is 18.4 Å². The number of rotatable bonds is 5. The van der Waals surface area contributed by atoms with E-state index in [-0.39, 0.29) is 23.2 Å². The molecule has 2 N–H and O–H groups in total. The Morgan fingerprint density at radius 1 is 1.32 bits per heavy atom. The van der Waals surface area contributed by atoms with Gasteiger partial charge in [-0.3, -0.25) is 19.8 Å². The summed E-state index contributed by atoms with van der Waals surface area (Å²) in [5, 5.41) is 9.32. The van der Waals surface area contributed by atoms with Crippen LogP contribution >= 0.6 is 0 Å². The number of nitrogens with one attached hydrogen (secondary N) is 2. The van der Waals surface area contributed by atoms with E-state index in [2.05, 4.69) is 30.4 Å². The highest BCUT2D eigenvalue weighted by atomic mass is 19.1. The molecule has 3 heterocycles. The van der Waals surface area contributed by atoms with E-state index < -0.39 is 5.82 Å². The number of benzene rings is 1. The van der Waals surface area contributed by atoms with Gasteiger partial charge in [0.05, 0.1) is 17.2 Å². The quantitative estimate of drug-likeness (QED) is 0.711. The molecule has 2 aromatic heterocycles. The third kappa shape index (κ3) is 4.07. The predicted octanol–water partition coefficient (Wildman–Crippen LogP) is 2.86. The van der Waals surface area contributed by atoms with Gasteiger partial charge in [0.2, 0.25) is 5.91 Å². The minimum absolute atomic E-state index is 0.109. The molecule has 3 aromatic rings. The van der Waals surface area contributed by atoms with Crippen molar-refractivity contribution >= 4 is 11.6 Å². The first-order valence-corrected chi connectivity index (χ1v) is 9.27. The van der Waals surface area contributed by atoms with E-state index in [1.54, 1.807) is 18.3 Å². The summed E-state index contributed by atoms with van der Waals surface area (Å²) in [7, 11) is 0. The van der Waals surface area contributed by atoms with Crippen molar-refractivity contribution < 1.29 is 9.18 Å². The van der Waals surface area contributed by atoms with Crippen LogP contribution in [-0.4, -0.2) is 44.1 Å². The maximum Gasteiger partial charge on any atom is 0.228 e. The van der Waals surface area contributed by atoms with Crippen molar-refractivity contribution in [3.63, 3.8) is 0 Å². The molecule has 1 aliphatic rings. The molecule has 0 spiro atoms. The van der Waals surface area contributed by atoms with E-state index in [0.717, 1.165) is 31.5 Å². The van der Waals surface area contributed by atoms with Crippen LogP contribution in [0, 0.1) is 11.7 Å². The molecule has 0 bridgehead atoms. The number of likely N-dealkylation sites (tertiary alicyclic amines) is 1. The number of halogens is 1. The number of piperidine rings is 1. The Morgan fingerprint density at radius 3 is 3.04 bits per heavy atom. The molecule has 1 amide bonds. The van der Waals surface area contributed by atoms with E-state index in [9.17, 15) is 9.18 Å². The second-order valence-electron chi connectivity index (χ2n) is 6.92. The number of nitrogens with zero attached hydrogens (tertiary/aromatic N) is 4. The normalized spacial score (nSPS) is 17.4. The van der Waals surface area contributed by atoms with Gasteiger partial charge >= 0.3 is 0 Å². The highest BCUT2D eigenvalue weighted by molar-refractivity contribution is 5.96. The van der Waals surface area contributed by atoms with Crippen LogP contribution in [0.3, 0.4) is 0 Å². The van der Waals surface area contributed by atoms with E-state index >= 15 is 0 Å². The van der Waals surface area contributed by atoms with Crippen LogP contribution < -0.4 is 5.32 Å². The lowest BCUT2D eigenvalue weighted by Gasteiger charge is -2.32. The zero-order valence-corrected chi connectivity index (χ0v) is 15.3. The summed E-state index contributed by atoms with van der Waals surface area (Å²) in [6, 6.07) is 8.53. The second-order valence-corrected chi connectivity index (χ2v) is 6.92. The summed E-state index contributed by atoms with van der Waals surface area (Å²) in [6.45, 7) is 2.37. The molecule has 1 aromatic carbocycles. The lowest BCUT2D eigenvalue weighted by molar-refractivity contribution is -0.121. The third-order valence-corrected chi connectivity index (χ3v) is 4.93. The van der Waals surface area contributed by atoms with Gasteiger partial charge in [-0.1, -0.05) is 12.1 Å². The minimum atomic E-state index is -0.462. The van der Waals surface area contributed by atoms with Crippen molar-refractivity contribution in [3.05, 3.63) is 60.4 Å². The Morgan fingerprint density at radius 2 is 2.25 bits per heavy atom. The van der Waals surface area contributed by atoms with E-state index in [0.29, 0.717) is 12.2 Å². The van der Waals surface area contributed by atoms with Gasteiger partial charge in [0.1, 0.15) is 12.1 Å². The Bertz CT molecular complexity index is 931. The molecule has 1 atom stereocenters. The fourth-order valence-corrected chi connectivity index (χ4v) is 3.59. The van der Waals surface area contributed by atoms with Crippen LogP contribution in [0.5, 0.6) is 0 Å². The molecule has 4 rings (SSSR count). The van der Waals surface area contributed by atoms with Gasteiger partial charge in [0.15, 0.2) is 5.82 Å². The average Bonchev–Trinajstić information content (AvgIpc) is 3.23. The largest absolute Gasteiger partial charge is 0.325 e. The Balaban J connectivity index is 1.46. The fraction of sp³-hybridized carbons (Fsp3) is 0.300. The predicted molar refractivity (Wildman–Crippen MR) is 103 cm³/mol. The van der Waals surface area contributed by atoms with Crippen molar-refractivity contribution in [1.82, 2.24) is 25.1 Å². The summed E-state index contributed by atoms with van der Waals surface area (Å²) in [4.78, 5) is 23.3. The zero-order chi connectivity index (χ0) is 19.3. The molecule has 7 nitrogen and oxygen atoms in total. The minimum Gasteiger partial charge on any atom is -0.325 e. The van der Waals surface area contributed by atoms with Crippen molar-refractivity contribution in [1.29, 1.82) is 0 Å². The van der Waals surface area contributed by atoms with Gasteiger partial charge in [-0.15, -0.1) is 0 Å². The van der Waals surface area contributed by atoms with Gasteiger partial charge in [0, 0.05) is 25.5 Å². The lowest BCUT2D eigenvalue weighted by atomic mass is 9.96. The fourth-order valence-electron chi connectivity index (χ4n) is 3.59. The molecule has 144 valence electrons. The third-order valence-electron chi connectivity index (χ3n) is 4.93. The Labute approximate surface area is 162 Å². The molecule has 1 aliphatic heterocycles. The van der Waals surface area contributed by atoms with Crippen molar-refractivity contribution in [3.8, 4) is 11.4 Å². The summed E-state index contributed by atoms with van der Waals surface area (Å²) < 4.78 is 14.4. The topological polar surface area (TPSA) is 86.8 Å². The highest BCUT2D eigenvalue weighted by Crippen LogP contribution is 2.29. The number of anilines is 1. The number of carbonyl (C=O) groups is 1. The molecule has 0 saturated carbocycles. The summed E-state index contributed by atoms with van der Waals surface area (Å²) in [5.41, 5.74) is 1.74. The first-order chi connectivity index (χ1) is 13.7. The molecule has 8 heteroatoms. The first-order valence-electron chi connectivity index (χ1n) is 9.27. The number of H-pyrrole nitrogens is 1. The SMILES string of the molecule is O=C(Nc1cccc(F)c1-c1ncn[nH]1)C1CCCN(Cc2cccnc2)C1. The lowest BCUT2D eigenvalue weighted by Crippen LogP contribution is -2.40. The Kier molecular flexibility index (Phi) is 5.38. The number of hydrogen-bond donors (Lipinski definition) is 2. The monoisotopic (exact) mass is 380 g/mol. The van der Waals surface area contributed by atoms with E-state index in [4.69, 9.17) is 0 Å². The van der Waals surface area contributed by atoms with Gasteiger partial charge in [-0.2, -0.15) is 5.10 Å². The molecule has 28 heavy (non-hydrogen) atoms. The van der Waals surface area contributed by atoms with Crippen LogP contribution in [0.4, 0.5) is 10.1 Å². The number of pyridine rings is 1. The number of aromatic amines is 1. The number of hydrogen-bond acceptors (Lipinski definition) is 5. The van der Waals surface area contributed by atoms with Crippen LogP contribution in [0.1, 0.15) is 18.4 Å². The summed E-state index contributed by atoms with van der Waals surface area (Å²) >= 11 is 0. The van der Waals surface area contributed by atoms with Gasteiger partial charge < -0.3 is 5.32 Å². The number of amides is 1. The second kappa shape index (κ2) is 8.26. The molecule has 1 fully saturated rings. The van der Waals surface area contributed by atoms with E-state index in [1.165, 1.54) is 12.4 Å². The number of carbonyl (C=O) groups excluding carboxylic acids is 1. The highest BCUT2D eigenvalue weighted by Gasteiger charge is 2.27. The molecule has 1 unspecified atom stereocenters. The maximum atomic E-state index is 14.4. The van der Waals surface area contributed by atoms with Gasteiger partial charge in [-0.05, 0) is 43.1 Å². The molecule has 0 aliphatic carbocycles. The van der Waals surface area contributed by atoms with Crippen LogP contribution in [-0.2, 0) is 11.3 Å². The maximum absolute atomic E-state index is 14.4. The smallest absolute Gasteiger partial charge is 0.228 e. The molecular weight excluding hydrogens is 359 g/mol. The molecular formula is C20H21FN6O. The van der Waals surface area contributed by atoms with Crippen LogP contribution in [0.25, 0.3) is 11.4 Å². The van der Waals surface area contributed by atoms with Gasteiger partial charge in [0.25, 0.3) is 0 Å². The van der Waals surface area contributed by atoms with Crippen molar-refractivity contribution in [2.24, 2.45) is 5.92 Å². The average molecular weight is 380 g/mol. The standard InChI is InChI=1S/C20H21FN6O/c21-16-6-1-7-17(18(16)19-23-13-24-26-19)25-20(28)15-5-3-9-27(12-15)11-14-4-2-8-22-10-14/h1-2,4,6-8,10,13,15H,3,5,9,11-12H2,(H,25,28)(H,23,24,26). The van der Waals surface area contributed by atoms with Crippen LogP contribution in [0.15, 0.2) is 49.1 Å². The first kappa shape index (κ1) is 18.2. The number of aromatic nitrogens is 4. The van der Waals surface area contributed by atoms with Crippen molar-refractivity contribution in [2.45, 2.75) is 19.4 Å². The molecule has 0 radical (unpaired) electrons. The zero-order valence-electron chi connectivity index (χ0n) is 15.3. The summed E-state index contributed by atoms with van der Waals surface area (Å²) in [6.07, 6.45) is 6.66. The van der Waals surface area contributed by atoms with E-state index in [1.807, 2.05) is 18.3 Å². The van der Waals surface area contributed by atoms with Gasteiger partial charge in [-0.25, -0.2) is 9.37 Å². The Hall–Kier alpha value is -3.13. The van der Waals surface area contributed by atoms with Crippen LogP contribution in [0.2, 0.25) is 0 Å². The summed E-state index contributed by atoms with van der Waals surface area (Å²) in [5.74, 6) is -0.440.